The van der Waals surface area contributed by atoms with E-state index in [1.165, 1.54) is 5.56 Å². The molecule has 0 fully saturated rings. The van der Waals surface area contributed by atoms with E-state index in [1.54, 1.807) is 2.90 Å². The fourth-order valence-electron chi connectivity index (χ4n) is 0.686. The predicted molar refractivity (Wildman–Crippen MR) is 50.3 cm³/mol. The molecule has 0 spiro atoms. The Bertz CT molecular complexity index is 222. The third-order valence-electron chi connectivity index (χ3n) is 1.42. The van der Waals surface area contributed by atoms with Crippen LogP contribution in [-0.2, 0) is 5.41 Å². The van der Waals surface area contributed by atoms with Gasteiger partial charge in [-0.05, 0) is 11.0 Å². The van der Waals surface area contributed by atoms with Gasteiger partial charge < -0.3 is 0 Å². The van der Waals surface area contributed by atoms with E-state index < -0.39 is 0 Å². The standard InChI is InChI=1S/C7H11IN2/c1-7(2,3)6-4-9-10(8)5-6/h4-5H,1-3H3. The SMILES string of the molecule is CC(C)(C)c1cnn(I)c1. The van der Waals surface area contributed by atoms with Crippen molar-refractivity contribution < 1.29 is 0 Å². The number of rotatable bonds is 0. The zero-order chi connectivity index (χ0) is 7.78. The molecule has 10 heavy (non-hydrogen) atoms. The van der Waals surface area contributed by atoms with Gasteiger partial charge in [0.1, 0.15) is 0 Å². The van der Waals surface area contributed by atoms with Gasteiger partial charge in [0.05, 0.1) is 29.1 Å². The van der Waals surface area contributed by atoms with E-state index in [2.05, 4.69) is 48.7 Å². The van der Waals surface area contributed by atoms with E-state index >= 15 is 0 Å². The van der Waals surface area contributed by atoms with E-state index in [0.29, 0.717) is 0 Å². The van der Waals surface area contributed by atoms with Gasteiger partial charge in [0.2, 0.25) is 0 Å². The van der Waals surface area contributed by atoms with Crippen LogP contribution in [0.25, 0.3) is 0 Å². The molecule has 0 saturated carbocycles. The smallest absolute Gasteiger partial charge is 0.0843 e. The van der Waals surface area contributed by atoms with Gasteiger partial charge in [-0.2, -0.15) is 5.10 Å². The molecule has 3 heteroatoms. The second-order valence-electron chi connectivity index (χ2n) is 3.37. The zero-order valence-corrected chi connectivity index (χ0v) is 8.58. The molecule has 0 aliphatic heterocycles. The molecule has 0 amide bonds. The first-order valence-corrected chi connectivity index (χ1v) is 4.18. The Hall–Kier alpha value is -0.0600. The minimum Gasteiger partial charge on any atom is -0.211 e. The number of hydrogen-bond donors (Lipinski definition) is 0. The Morgan fingerprint density at radius 2 is 2.10 bits per heavy atom. The van der Waals surface area contributed by atoms with Crippen molar-refractivity contribution in [1.82, 2.24) is 7.99 Å². The van der Waals surface area contributed by atoms with Crippen molar-refractivity contribution in [3.63, 3.8) is 0 Å². The summed E-state index contributed by atoms with van der Waals surface area (Å²) in [4.78, 5) is 0. The molecule has 0 radical (unpaired) electrons. The first-order chi connectivity index (χ1) is 4.50. The number of hydrogen-bond acceptors (Lipinski definition) is 1. The summed E-state index contributed by atoms with van der Waals surface area (Å²) in [7, 11) is 0. The normalized spacial score (nSPS) is 12.0. The molecular formula is C7H11IN2. The summed E-state index contributed by atoms with van der Waals surface area (Å²) in [6, 6.07) is 0. The Balaban J connectivity index is 2.96. The highest BCUT2D eigenvalue weighted by atomic mass is 127. The molecule has 1 rings (SSSR count). The van der Waals surface area contributed by atoms with Crippen molar-refractivity contribution in [2.45, 2.75) is 26.2 Å². The summed E-state index contributed by atoms with van der Waals surface area (Å²) in [5, 5.41) is 4.09. The Labute approximate surface area is 75.1 Å². The highest BCUT2D eigenvalue weighted by Crippen LogP contribution is 2.21. The summed E-state index contributed by atoms with van der Waals surface area (Å²) in [6.07, 6.45) is 3.95. The average Bonchev–Trinajstić information content (AvgIpc) is 2.11. The van der Waals surface area contributed by atoms with Gasteiger partial charge in [0.25, 0.3) is 0 Å². The molecule has 0 bridgehead atoms. The summed E-state index contributed by atoms with van der Waals surface area (Å²) in [5.41, 5.74) is 1.51. The van der Waals surface area contributed by atoms with Crippen LogP contribution in [0.3, 0.4) is 0 Å². The van der Waals surface area contributed by atoms with Crippen LogP contribution in [0.15, 0.2) is 12.4 Å². The molecular weight excluding hydrogens is 239 g/mol. The maximum Gasteiger partial charge on any atom is 0.0843 e. The van der Waals surface area contributed by atoms with Crippen LogP contribution < -0.4 is 0 Å². The third-order valence-corrected chi connectivity index (χ3v) is 1.95. The Morgan fingerprint density at radius 1 is 1.50 bits per heavy atom. The van der Waals surface area contributed by atoms with E-state index in [-0.39, 0.29) is 5.41 Å². The molecule has 1 heterocycles. The minimum absolute atomic E-state index is 0.226. The average molecular weight is 250 g/mol. The topological polar surface area (TPSA) is 17.8 Å². The van der Waals surface area contributed by atoms with Crippen molar-refractivity contribution in [1.29, 1.82) is 0 Å². The predicted octanol–water partition coefficient (Wildman–Crippen LogP) is 2.38. The van der Waals surface area contributed by atoms with Crippen LogP contribution in [0.2, 0.25) is 0 Å². The van der Waals surface area contributed by atoms with Crippen LogP contribution in [0.5, 0.6) is 0 Å². The van der Waals surface area contributed by atoms with Gasteiger partial charge in [-0.3, -0.25) is 0 Å². The van der Waals surface area contributed by atoms with Crippen molar-refractivity contribution >= 4 is 22.9 Å². The maximum atomic E-state index is 4.09. The zero-order valence-electron chi connectivity index (χ0n) is 6.43. The summed E-state index contributed by atoms with van der Waals surface area (Å²) in [6.45, 7) is 6.54. The molecule has 0 saturated heterocycles. The molecule has 1 aromatic heterocycles. The Morgan fingerprint density at radius 3 is 2.30 bits per heavy atom. The van der Waals surface area contributed by atoms with Crippen molar-refractivity contribution in [3.8, 4) is 0 Å². The van der Waals surface area contributed by atoms with Gasteiger partial charge in [-0.25, -0.2) is 2.90 Å². The Kier molecular flexibility index (Phi) is 2.03. The highest BCUT2D eigenvalue weighted by molar-refractivity contribution is 14.1. The monoisotopic (exact) mass is 250 g/mol. The van der Waals surface area contributed by atoms with E-state index in [9.17, 15) is 0 Å². The molecule has 1 aromatic rings. The molecule has 0 unspecified atom stereocenters. The molecule has 0 aromatic carbocycles. The highest BCUT2D eigenvalue weighted by Gasteiger charge is 2.14. The fraction of sp³-hybridized carbons (Fsp3) is 0.571. The lowest BCUT2D eigenvalue weighted by Crippen LogP contribution is -2.09. The molecule has 0 aliphatic carbocycles. The van der Waals surface area contributed by atoms with Crippen LogP contribution in [-0.4, -0.2) is 7.99 Å². The lowest BCUT2D eigenvalue weighted by atomic mass is 9.90. The largest absolute Gasteiger partial charge is 0.211 e. The second-order valence-corrected chi connectivity index (χ2v) is 4.36. The van der Waals surface area contributed by atoms with Gasteiger partial charge in [-0.1, -0.05) is 20.8 Å². The van der Waals surface area contributed by atoms with Crippen LogP contribution in [0, 0.1) is 0 Å². The molecule has 2 nitrogen and oxygen atoms in total. The van der Waals surface area contributed by atoms with Crippen molar-refractivity contribution in [2.75, 3.05) is 0 Å². The molecule has 56 valence electrons. The number of halogens is 1. The van der Waals surface area contributed by atoms with Gasteiger partial charge >= 0.3 is 0 Å². The quantitative estimate of drug-likeness (QED) is 0.646. The lowest BCUT2D eigenvalue weighted by molar-refractivity contribution is 0.590. The van der Waals surface area contributed by atoms with Crippen molar-refractivity contribution in [3.05, 3.63) is 18.0 Å². The van der Waals surface area contributed by atoms with Gasteiger partial charge in [0.15, 0.2) is 0 Å². The van der Waals surface area contributed by atoms with Crippen LogP contribution >= 0.6 is 22.9 Å². The van der Waals surface area contributed by atoms with Gasteiger partial charge in [0, 0.05) is 6.20 Å². The minimum atomic E-state index is 0.226. The first-order valence-electron chi connectivity index (χ1n) is 3.21. The molecule has 0 atom stereocenters. The maximum absolute atomic E-state index is 4.09. The third kappa shape index (κ3) is 1.71. The van der Waals surface area contributed by atoms with E-state index in [1.807, 2.05) is 12.4 Å². The van der Waals surface area contributed by atoms with Crippen molar-refractivity contribution in [2.24, 2.45) is 0 Å². The molecule has 0 N–H and O–H groups in total. The first kappa shape index (κ1) is 8.04. The van der Waals surface area contributed by atoms with Crippen LogP contribution in [0.1, 0.15) is 26.3 Å². The summed E-state index contributed by atoms with van der Waals surface area (Å²) >= 11 is 2.15. The summed E-state index contributed by atoms with van der Waals surface area (Å²) < 4.78 is 1.80. The summed E-state index contributed by atoms with van der Waals surface area (Å²) in [5.74, 6) is 0. The van der Waals surface area contributed by atoms with E-state index in [4.69, 9.17) is 0 Å². The molecule has 0 aliphatic rings. The van der Waals surface area contributed by atoms with E-state index in [0.717, 1.165) is 0 Å². The fourth-order valence-corrected chi connectivity index (χ4v) is 1.11. The second kappa shape index (κ2) is 2.53. The van der Waals surface area contributed by atoms with Crippen LogP contribution in [0.4, 0.5) is 0 Å². The number of nitrogens with zero attached hydrogens (tertiary/aromatic N) is 2. The van der Waals surface area contributed by atoms with Gasteiger partial charge in [-0.15, -0.1) is 0 Å². The number of aromatic nitrogens is 2. The lowest BCUT2D eigenvalue weighted by Gasteiger charge is -2.14.